The van der Waals surface area contributed by atoms with E-state index in [4.69, 9.17) is 4.74 Å². The van der Waals surface area contributed by atoms with Crippen LogP contribution in [0.4, 0.5) is 17.6 Å². The number of carboxylic acids is 1. The zero-order chi connectivity index (χ0) is 33.1. The first kappa shape index (κ1) is 36.1. The first-order chi connectivity index (χ1) is 21.3. The summed E-state index contributed by atoms with van der Waals surface area (Å²) < 4.78 is 58.7. The van der Waals surface area contributed by atoms with Gasteiger partial charge in [-0.15, -0.1) is 0 Å². The summed E-state index contributed by atoms with van der Waals surface area (Å²) in [5.74, 6) is -1.94. The van der Waals surface area contributed by atoms with Crippen molar-refractivity contribution in [3.63, 3.8) is 0 Å². The number of rotatable bonds is 18. The van der Waals surface area contributed by atoms with Crippen LogP contribution in [-0.4, -0.2) is 35.8 Å². The average Bonchev–Trinajstić information content (AvgIpc) is 3.83. The van der Waals surface area contributed by atoms with Gasteiger partial charge < -0.3 is 20.3 Å². The molecule has 1 saturated carbocycles. The van der Waals surface area contributed by atoms with Gasteiger partial charge >= 0.3 is 12.1 Å². The summed E-state index contributed by atoms with van der Waals surface area (Å²) in [6.07, 6.45) is 4.49. The van der Waals surface area contributed by atoms with Crippen LogP contribution in [-0.2, 0) is 23.9 Å². The maximum Gasteiger partial charge on any atom is 0.416 e. The number of aliphatic hydroxyl groups is 1. The van der Waals surface area contributed by atoms with Crippen LogP contribution in [0.15, 0.2) is 48.0 Å². The maximum absolute atomic E-state index is 13.7. The molecule has 0 aromatic heterocycles. The van der Waals surface area contributed by atoms with Gasteiger partial charge in [-0.1, -0.05) is 31.6 Å². The second kappa shape index (κ2) is 16.8. The van der Waals surface area contributed by atoms with E-state index < -0.39 is 23.5 Å². The zero-order valence-corrected chi connectivity index (χ0v) is 26.3. The third-order valence-electron chi connectivity index (χ3n) is 8.51. The van der Waals surface area contributed by atoms with Gasteiger partial charge in [0.15, 0.2) is 0 Å². The minimum absolute atomic E-state index is 0.0218. The minimum Gasteiger partial charge on any atom is -0.497 e. The van der Waals surface area contributed by atoms with Crippen LogP contribution in [0.1, 0.15) is 92.3 Å². The molecule has 0 radical (unpaired) electrons. The molecule has 0 bridgehead atoms. The maximum atomic E-state index is 13.7. The summed E-state index contributed by atoms with van der Waals surface area (Å²) in [5.41, 5.74) is 1.14. The molecule has 1 fully saturated rings. The van der Waals surface area contributed by atoms with Crippen molar-refractivity contribution < 1.29 is 42.1 Å². The van der Waals surface area contributed by atoms with E-state index in [2.05, 4.69) is 25.2 Å². The van der Waals surface area contributed by atoms with Crippen molar-refractivity contribution >= 4 is 11.9 Å². The van der Waals surface area contributed by atoms with Crippen LogP contribution < -0.4 is 10.1 Å². The fraction of sp³-hybridized carbons (Fsp3) is 0.543. The number of carboxylic acid groups (broad SMARTS) is 1. The first-order valence-corrected chi connectivity index (χ1v) is 15.7. The van der Waals surface area contributed by atoms with Gasteiger partial charge in [-0.3, -0.25) is 4.79 Å². The fourth-order valence-electron chi connectivity index (χ4n) is 5.88. The van der Waals surface area contributed by atoms with Gasteiger partial charge in [-0.2, -0.15) is 13.2 Å². The molecule has 0 saturated heterocycles. The molecule has 1 amide bonds. The Hall–Kier alpha value is -3.40. The van der Waals surface area contributed by atoms with Crippen LogP contribution in [0.3, 0.4) is 0 Å². The Balaban J connectivity index is 1.55. The SMILES string of the molecule is CC/C=C(\CC(C)CCc1ccc(F)c(C(=O)O)c1)CC(CO)CC[C@H](C(=O)NCc1cc(OC)cc(C(F)(F)F)c1)C1CC1. The van der Waals surface area contributed by atoms with Crippen molar-refractivity contribution in [3.8, 4) is 5.75 Å². The molecule has 6 nitrogen and oxygen atoms in total. The van der Waals surface area contributed by atoms with E-state index in [0.717, 1.165) is 49.8 Å². The number of alkyl halides is 3. The number of amides is 1. The van der Waals surface area contributed by atoms with E-state index in [1.807, 2.05) is 0 Å². The van der Waals surface area contributed by atoms with Gasteiger partial charge in [-0.05, 0) is 117 Å². The molecule has 3 N–H and O–H groups in total. The number of benzene rings is 2. The number of carbonyl (C=O) groups is 2. The lowest BCUT2D eigenvalue weighted by Gasteiger charge is -2.22. The number of aliphatic hydroxyl groups excluding tert-OH is 1. The number of hydrogen-bond donors (Lipinski definition) is 3. The number of carbonyl (C=O) groups excluding carboxylic acids is 1. The summed E-state index contributed by atoms with van der Waals surface area (Å²) in [4.78, 5) is 24.4. The highest BCUT2D eigenvalue weighted by Crippen LogP contribution is 2.40. The lowest BCUT2D eigenvalue weighted by Crippen LogP contribution is -2.32. The van der Waals surface area contributed by atoms with Crippen molar-refractivity contribution in [1.82, 2.24) is 5.32 Å². The lowest BCUT2D eigenvalue weighted by atomic mass is 9.85. The molecular formula is C35H45F4NO5. The van der Waals surface area contributed by atoms with Crippen LogP contribution in [0, 0.1) is 29.5 Å². The standard InChI is InChI=1S/C35H45F4NO5/c1-4-5-24(14-22(2)6-7-23-9-13-32(36)31(18-23)34(43)44)15-25(21-41)8-12-30(27-10-11-27)33(42)40-20-26-16-28(35(37,38)39)19-29(17-26)45-3/h5,9,13,16-19,22,25,27,30,41H,4,6-8,10-12,14-15,20-21H2,1-3H3,(H,40,42)(H,43,44)/b24-5+/t22?,25?,30-/m0/s1. The number of nitrogens with one attached hydrogen (secondary N) is 1. The molecule has 2 aromatic carbocycles. The predicted octanol–water partition coefficient (Wildman–Crippen LogP) is 7.97. The van der Waals surface area contributed by atoms with Gasteiger partial charge in [0, 0.05) is 19.1 Å². The van der Waals surface area contributed by atoms with Gasteiger partial charge in [0.2, 0.25) is 5.91 Å². The Morgan fingerprint density at radius 2 is 1.80 bits per heavy atom. The molecule has 0 heterocycles. The van der Waals surface area contributed by atoms with E-state index in [0.29, 0.717) is 31.2 Å². The van der Waals surface area contributed by atoms with Crippen LogP contribution in [0.5, 0.6) is 5.75 Å². The monoisotopic (exact) mass is 635 g/mol. The fourth-order valence-corrected chi connectivity index (χ4v) is 5.88. The predicted molar refractivity (Wildman–Crippen MR) is 164 cm³/mol. The quantitative estimate of drug-likeness (QED) is 0.114. The lowest BCUT2D eigenvalue weighted by molar-refractivity contribution is -0.137. The van der Waals surface area contributed by atoms with Crippen LogP contribution in [0.25, 0.3) is 0 Å². The van der Waals surface area contributed by atoms with Gasteiger partial charge in [0.25, 0.3) is 0 Å². The highest BCUT2D eigenvalue weighted by atomic mass is 19.4. The van der Waals surface area contributed by atoms with Crippen LogP contribution in [0.2, 0.25) is 0 Å². The number of allylic oxidation sites excluding steroid dienone is 2. The van der Waals surface area contributed by atoms with Crippen molar-refractivity contribution in [2.24, 2.45) is 23.7 Å². The summed E-state index contributed by atoms with van der Waals surface area (Å²) in [6.45, 7) is 4.11. The molecule has 45 heavy (non-hydrogen) atoms. The van der Waals surface area contributed by atoms with E-state index >= 15 is 0 Å². The molecule has 0 spiro atoms. The Bertz CT molecular complexity index is 1320. The second-order valence-corrected chi connectivity index (χ2v) is 12.3. The van der Waals surface area contributed by atoms with Crippen molar-refractivity contribution in [2.45, 2.75) is 84.4 Å². The number of halogens is 4. The molecular weight excluding hydrogens is 590 g/mol. The molecule has 10 heteroatoms. The van der Waals surface area contributed by atoms with Gasteiger partial charge in [0.05, 0.1) is 18.2 Å². The summed E-state index contributed by atoms with van der Waals surface area (Å²) in [7, 11) is 1.30. The molecule has 2 unspecified atom stereocenters. The summed E-state index contributed by atoms with van der Waals surface area (Å²) >= 11 is 0. The van der Waals surface area contributed by atoms with E-state index in [1.165, 1.54) is 30.9 Å². The first-order valence-electron chi connectivity index (χ1n) is 15.7. The number of aryl methyl sites for hydroxylation is 1. The van der Waals surface area contributed by atoms with E-state index in [-0.39, 0.29) is 54.0 Å². The zero-order valence-electron chi connectivity index (χ0n) is 26.3. The third-order valence-corrected chi connectivity index (χ3v) is 8.51. The van der Waals surface area contributed by atoms with E-state index in [9.17, 15) is 37.4 Å². The molecule has 3 atom stereocenters. The number of hydrogen-bond acceptors (Lipinski definition) is 4. The molecule has 3 rings (SSSR count). The molecule has 1 aliphatic rings. The summed E-state index contributed by atoms with van der Waals surface area (Å²) in [6, 6.07) is 7.62. The second-order valence-electron chi connectivity index (χ2n) is 12.3. The van der Waals surface area contributed by atoms with Crippen molar-refractivity contribution in [2.75, 3.05) is 13.7 Å². The molecule has 248 valence electrons. The Morgan fingerprint density at radius 3 is 2.40 bits per heavy atom. The van der Waals surface area contributed by atoms with E-state index in [1.54, 1.807) is 6.07 Å². The number of ether oxygens (including phenoxy) is 1. The third kappa shape index (κ3) is 11.5. The Kier molecular flexibility index (Phi) is 13.4. The Labute approximate surface area is 262 Å². The highest BCUT2D eigenvalue weighted by Gasteiger charge is 2.36. The van der Waals surface area contributed by atoms with Gasteiger partial charge in [0.1, 0.15) is 11.6 Å². The topological polar surface area (TPSA) is 95.9 Å². The number of methoxy groups -OCH3 is 1. The Morgan fingerprint density at radius 1 is 1.07 bits per heavy atom. The smallest absolute Gasteiger partial charge is 0.416 e. The van der Waals surface area contributed by atoms with Crippen LogP contribution >= 0.6 is 0 Å². The largest absolute Gasteiger partial charge is 0.497 e. The van der Waals surface area contributed by atoms with Crippen molar-refractivity contribution in [3.05, 3.63) is 76.1 Å². The molecule has 2 aromatic rings. The molecule has 1 aliphatic carbocycles. The van der Waals surface area contributed by atoms with Crippen molar-refractivity contribution in [1.29, 1.82) is 0 Å². The minimum atomic E-state index is -4.53. The molecule has 0 aliphatic heterocycles. The normalized spacial score (nSPS) is 15.8. The average molecular weight is 636 g/mol. The highest BCUT2D eigenvalue weighted by molar-refractivity contribution is 5.88. The number of aromatic carboxylic acids is 1. The summed E-state index contributed by atoms with van der Waals surface area (Å²) in [5, 5.41) is 22.2. The van der Waals surface area contributed by atoms with Gasteiger partial charge in [-0.25, -0.2) is 9.18 Å².